The van der Waals surface area contributed by atoms with E-state index in [0.717, 1.165) is 10.0 Å². The number of rotatable bonds is 3. The van der Waals surface area contributed by atoms with Gasteiger partial charge in [-0.25, -0.2) is 0 Å². The number of nitrogens with zero attached hydrogens (tertiary/aromatic N) is 2. The van der Waals surface area contributed by atoms with E-state index in [0.29, 0.717) is 16.8 Å². The molecule has 0 aliphatic heterocycles. The second-order valence-electron chi connectivity index (χ2n) is 5.04. The van der Waals surface area contributed by atoms with E-state index in [2.05, 4.69) is 21.0 Å². The van der Waals surface area contributed by atoms with Crippen LogP contribution in [0, 0.1) is 0 Å². The SMILES string of the molecule is CC(=O)n1ncc(C(=O)c2ccccc2)c1-c1ccc(Br)cc1. The third-order valence-electron chi connectivity index (χ3n) is 3.47. The summed E-state index contributed by atoms with van der Waals surface area (Å²) in [6, 6.07) is 16.4. The first-order valence-electron chi connectivity index (χ1n) is 7.02. The number of aromatic nitrogens is 2. The molecule has 3 rings (SSSR count). The van der Waals surface area contributed by atoms with Crippen molar-refractivity contribution in [3.05, 3.63) is 76.4 Å². The zero-order chi connectivity index (χ0) is 16.4. The van der Waals surface area contributed by atoms with E-state index in [-0.39, 0.29) is 11.7 Å². The van der Waals surface area contributed by atoms with Gasteiger partial charge in [0.15, 0.2) is 5.78 Å². The van der Waals surface area contributed by atoms with Crippen LogP contribution in [0.1, 0.15) is 27.6 Å². The van der Waals surface area contributed by atoms with Crippen LogP contribution in [0.15, 0.2) is 65.3 Å². The summed E-state index contributed by atoms with van der Waals surface area (Å²) >= 11 is 3.38. The zero-order valence-electron chi connectivity index (χ0n) is 12.4. The summed E-state index contributed by atoms with van der Waals surface area (Å²) in [5, 5.41) is 4.10. The summed E-state index contributed by atoms with van der Waals surface area (Å²) in [6.45, 7) is 1.42. The van der Waals surface area contributed by atoms with E-state index in [1.54, 1.807) is 12.1 Å². The minimum absolute atomic E-state index is 0.156. The average Bonchev–Trinajstić information content (AvgIpc) is 3.01. The van der Waals surface area contributed by atoms with Gasteiger partial charge in [0, 0.05) is 22.5 Å². The van der Waals surface area contributed by atoms with Crippen molar-refractivity contribution in [2.24, 2.45) is 0 Å². The van der Waals surface area contributed by atoms with Gasteiger partial charge in [-0.3, -0.25) is 9.59 Å². The molecule has 0 saturated heterocycles. The Hall–Kier alpha value is -2.53. The highest BCUT2D eigenvalue weighted by Crippen LogP contribution is 2.27. The van der Waals surface area contributed by atoms with Crippen LogP contribution in [0.4, 0.5) is 0 Å². The predicted molar refractivity (Wildman–Crippen MR) is 91.5 cm³/mol. The van der Waals surface area contributed by atoms with Gasteiger partial charge in [0.1, 0.15) is 0 Å². The fourth-order valence-corrected chi connectivity index (χ4v) is 2.65. The first-order valence-corrected chi connectivity index (χ1v) is 7.82. The Morgan fingerprint density at radius 1 is 1.00 bits per heavy atom. The molecular weight excluding hydrogens is 356 g/mol. The summed E-state index contributed by atoms with van der Waals surface area (Å²) in [5.74, 6) is -0.397. The monoisotopic (exact) mass is 368 g/mol. The predicted octanol–water partition coefficient (Wildman–Crippen LogP) is 4.20. The number of benzene rings is 2. The maximum Gasteiger partial charge on any atom is 0.244 e. The second kappa shape index (κ2) is 6.30. The highest BCUT2D eigenvalue weighted by atomic mass is 79.9. The van der Waals surface area contributed by atoms with E-state index in [9.17, 15) is 9.59 Å². The van der Waals surface area contributed by atoms with Gasteiger partial charge in [0.25, 0.3) is 0 Å². The molecule has 3 aromatic rings. The first kappa shape index (κ1) is 15.4. The second-order valence-corrected chi connectivity index (χ2v) is 5.96. The van der Waals surface area contributed by atoms with E-state index in [4.69, 9.17) is 0 Å². The highest BCUT2D eigenvalue weighted by Gasteiger charge is 2.21. The van der Waals surface area contributed by atoms with E-state index >= 15 is 0 Å². The molecule has 0 aliphatic carbocycles. The van der Waals surface area contributed by atoms with Crippen LogP contribution in [0.3, 0.4) is 0 Å². The number of hydrogen-bond donors (Lipinski definition) is 0. The number of carbonyl (C=O) groups excluding carboxylic acids is 2. The Balaban J connectivity index is 2.17. The lowest BCUT2D eigenvalue weighted by atomic mass is 10.0. The van der Waals surface area contributed by atoms with Crippen molar-refractivity contribution in [1.29, 1.82) is 0 Å². The Morgan fingerprint density at radius 3 is 2.26 bits per heavy atom. The van der Waals surface area contributed by atoms with Crippen LogP contribution in [0.25, 0.3) is 11.3 Å². The molecule has 23 heavy (non-hydrogen) atoms. The molecule has 0 bridgehead atoms. The lowest BCUT2D eigenvalue weighted by Gasteiger charge is -2.07. The summed E-state index contributed by atoms with van der Waals surface area (Å²) < 4.78 is 2.19. The normalized spacial score (nSPS) is 10.5. The van der Waals surface area contributed by atoms with Crippen molar-refractivity contribution < 1.29 is 9.59 Å². The van der Waals surface area contributed by atoms with Gasteiger partial charge in [-0.15, -0.1) is 0 Å². The Kier molecular flexibility index (Phi) is 4.21. The van der Waals surface area contributed by atoms with Crippen LogP contribution in [-0.2, 0) is 0 Å². The largest absolute Gasteiger partial charge is 0.288 e. The molecule has 5 heteroatoms. The van der Waals surface area contributed by atoms with Crippen LogP contribution < -0.4 is 0 Å². The third kappa shape index (κ3) is 3.00. The molecule has 0 amide bonds. The van der Waals surface area contributed by atoms with E-state index < -0.39 is 0 Å². The topological polar surface area (TPSA) is 52.0 Å². The molecular formula is C18H13BrN2O2. The van der Waals surface area contributed by atoms with Gasteiger partial charge in [0.05, 0.1) is 17.5 Å². The summed E-state index contributed by atoms with van der Waals surface area (Å²) in [4.78, 5) is 24.6. The van der Waals surface area contributed by atoms with Crippen molar-refractivity contribution in [1.82, 2.24) is 9.78 Å². The van der Waals surface area contributed by atoms with Gasteiger partial charge in [0.2, 0.25) is 5.91 Å². The maximum atomic E-state index is 12.8. The molecule has 0 saturated carbocycles. The van der Waals surface area contributed by atoms with Crippen molar-refractivity contribution in [2.75, 3.05) is 0 Å². The molecule has 0 radical (unpaired) electrons. The lowest BCUT2D eigenvalue weighted by Crippen LogP contribution is -2.11. The summed E-state index contributed by atoms with van der Waals surface area (Å²) in [6.07, 6.45) is 1.45. The minimum atomic E-state index is -0.241. The fraction of sp³-hybridized carbons (Fsp3) is 0.0556. The lowest BCUT2D eigenvalue weighted by molar-refractivity contribution is 0.0923. The molecule has 1 aromatic heterocycles. The molecule has 4 nitrogen and oxygen atoms in total. The molecule has 0 spiro atoms. The fourth-order valence-electron chi connectivity index (χ4n) is 2.38. The van der Waals surface area contributed by atoms with Crippen LogP contribution in [0.2, 0.25) is 0 Å². The van der Waals surface area contributed by atoms with Gasteiger partial charge >= 0.3 is 0 Å². The third-order valence-corrected chi connectivity index (χ3v) is 3.99. The van der Waals surface area contributed by atoms with Crippen LogP contribution in [0.5, 0.6) is 0 Å². The molecule has 0 N–H and O–H groups in total. The Labute approximate surface area is 141 Å². The molecule has 1 heterocycles. The minimum Gasteiger partial charge on any atom is -0.288 e. The van der Waals surface area contributed by atoms with Crippen molar-refractivity contribution in [3.8, 4) is 11.3 Å². The van der Waals surface area contributed by atoms with Crippen molar-refractivity contribution in [2.45, 2.75) is 6.92 Å². The van der Waals surface area contributed by atoms with E-state index in [1.807, 2.05) is 42.5 Å². The van der Waals surface area contributed by atoms with Crippen molar-refractivity contribution in [3.63, 3.8) is 0 Å². The van der Waals surface area contributed by atoms with Gasteiger partial charge < -0.3 is 0 Å². The maximum absolute atomic E-state index is 12.8. The first-order chi connectivity index (χ1) is 11.1. The van der Waals surface area contributed by atoms with Gasteiger partial charge in [-0.05, 0) is 12.1 Å². The number of carbonyl (C=O) groups is 2. The number of hydrogen-bond acceptors (Lipinski definition) is 3. The molecule has 0 atom stereocenters. The average molecular weight is 369 g/mol. The molecule has 114 valence electrons. The van der Waals surface area contributed by atoms with Crippen molar-refractivity contribution >= 4 is 27.6 Å². The highest BCUT2D eigenvalue weighted by molar-refractivity contribution is 9.10. The molecule has 0 unspecified atom stereocenters. The summed E-state index contributed by atoms with van der Waals surface area (Å²) in [5.41, 5.74) is 2.25. The number of halogens is 1. The quantitative estimate of drug-likeness (QED) is 0.650. The standard InChI is InChI=1S/C18H13BrN2O2/c1-12(22)21-17(13-7-9-15(19)10-8-13)16(11-20-21)18(23)14-5-3-2-4-6-14/h2-11H,1H3. The van der Waals surface area contributed by atoms with Crippen LogP contribution in [-0.4, -0.2) is 21.5 Å². The zero-order valence-corrected chi connectivity index (χ0v) is 13.9. The molecule has 0 aliphatic rings. The Morgan fingerprint density at radius 2 is 1.65 bits per heavy atom. The van der Waals surface area contributed by atoms with E-state index in [1.165, 1.54) is 17.8 Å². The van der Waals surface area contributed by atoms with Crippen LogP contribution >= 0.6 is 15.9 Å². The molecule has 2 aromatic carbocycles. The van der Waals surface area contributed by atoms with Gasteiger partial charge in [-0.1, -0.05) is 58.4 Å². The van der Waals surface area contributed by atoms with Gasteiger partial charge in [-0.2, -0.15) is 9.78 Å². The smallest absolute Gasteiger partial charge is 0.244 e. The molecule has 0 fully saturated rings. The summed E-state index contributed by atoms with van der Waals surface area (Å²) in [7, 11) is 0. The Bertz CT molecular complexity index is 868. The number of ketones is 1.